The normalized spacial score (nSPS) is 22.2. The average Bonchev–Trinajstić information content (AvgIpc) is 2.55. The molecule has 25 heavy (non-hydrogen) atoms. The maximum atomic E-state index is 12.7. The van der Waals surface area contributed by atoms with Crippen molar-refractivity contribution in [3.05, 3.63) is 45.3 Å². The lowest BCUT2D eigenvalue weighted by atomic mass is 9.97. The highest BCUT2D eigenvalue weighted by molar-refractivity contribution is 6.31. The van der Waals surface area contributed by atoms with Gasteiger partial charge in [0.2, 0.25) is 0 Å². The van der Waals surface area contributed by atoms with Gasteiger partial charge in [-0.1, -0.05) is 18.0 Å². The van der Waals surface area contributed by atoms with Crippen molar-refractivity contribution < 1.29 is 9.21 Å². The first-order valence-electron chi connectivity index (χ1n) is 8.81. The molecular formula is C19H21ClN2O3. The van der Waals surface area contributed by atoms with Crippen molar-refractivity contribution in [1.29, 1.82) is 0 Å². The molecule has 0 saturated carbocycles. The van der Waals surface area contributed by atoms with Gasteiger partial charge >= 0.3 is 5.63 Å². The lowest BCUT2D eigenvalue weighted by Gasteiger charge is -2.49. The Morgan fingerprint density at radius 1 is 1.24 bits per heavy atom. The van der Waals surface area contributed by atoms with Crippen molar-refractivity contribution in [2.45, 2.75) is 38.3 Å². The van der Waals surface area contributed by atoms with Gasteiger partial charge in [-0.25, -0.2) is 4.79 Å². The average molecular weight is 361 g/mol. The number of piperidine rings is 1. The zero-order valence-electron chi connectivity index (χ0n) is 14.2. The molecule has 1 aromatic heterocycles. The van der Waals surface area contributed by atoms with E-state index in [1.165, 1.54) is 19.3 Å². The molecule has 2 fully saturated rings. The van der Waals surface area contributed by atoms with E-state index < -0.39 is 5.63 Å². The fraction of sp³-hybridized carbons (Fsp3) is 0.474. The summed E-state index contributed by atoms with van der Waals surface area (Å²) in [5.74, 6) is -0.253. The summed E-state index contributed by atoms with van der Waals surface area (Å²) in [6.45, 7) is 4.71. The van der Waals surface area contributed by atoms with Crippen LogP contribution in [0.5, 0.6) is 0 Å². The van der Waals surface area contributed by atoms with E-state index in [1.807, 2.05) is 0 Å². The van der Waals surface area contributed by atoms with E-state index in [0.717, 1.165) is 6.54 Å². The molecule has 6 heteroatoms. The predicted octanol–water partition coefficient (Wildman–Crippen LogP) is 3.15. The zero-order valence-corrected chi connectivity index (χ0v) is 15.0. The van der Waals surface area contributed by atoms with Gasteiger partial charge in [0.1, 0.15) is 11.1 Å². The number of benzene rings is 1. The second-order valence-electron chi connectivity index (χ2n) is 7.08. The zero-order chi connectivity index (χ0) is 17.6. The highest BCUT2D eigenvalue weighted by Crippen LogP contribution is 2.26. The first-order valence-corrected chi connectivity index (χ1v) is 9.19. The van der Waals surface area contributed by atoms with Crippen LogP contribution in [0.15, 0.2) is 33.5 Å². The molecule has 0 spiro atoms. The van der Waals surface area contributed by atoms with Crippen LogP contribution in [-0.2, 0) is 0 Å². The number of carbonyl (C=O) groups is 1. The monoisotopic (exact) mass is 360 g/mol. The fourth-order valence-electron chi connectivity index (χ4n) is 3.91. The topological polar surface area (TPSA) is 53.8 Å². The van der Waals surface area contributed by atoms with E-state index in [9.17, 15) is 9.59 Å². The minimum absolute atomic E-state index is 0.0832. The molecule has 1 unspecified atom stereocenters. The van der Waals surface area contributed by atoms with Gasteiger partial charge in [-0.2, -0.15) is 0 Å². The number of likely N-dealkylation sites (tertiary alicyclic amines) is 2. The molecule has 1 atom stereocenters. The minimum Gasteiger partial charge on any atom is -0.422 e. The molecule has 3 heterocycles. The second-order valence-corrected chi connectivity index (χ2v) is 7.51. The van der Waals surface area contributed by atoms with Crippen LogP contribution in [0.1, 0.15) is 36.5 Å². The molecule has 2 aromatic rings. The second kappa shape index (κ2) is 6.46. The van der Waals surface area contributed by atoms with E-state index in [2.05, 4.69) is 11.8 Å². The summed E-state index contributed by atoms with van der Waals surface area (Å²) in [6.07, 6.45) is 3.73. The summed E-state index contributed by atoms with van der Waals surface area (Å²) in [4.78, 5) is 29.1. The summed E-state index contributed by atoms with van der Waals surface area (Å²) in [6, 6.07) is 7.57. The number of fused-ring (bicyclic) bond motifs is 1. The van der Waals surface area contributed by atoms with Gasteiger partial charge in [0, 0.05) is 35.6 Å². The van der Waals surface area contributed by atoms with Gasteiger partial charge in [-0.05, 0) is 50.6 Å². The summed E-state index contributed by atoms with van der Waals surface area (Å²) in [7, 11) is 0. The number of rotatable bonds is 2. The molecule has 0 aliphatic carbocycles. The third-order valence-corrected chi connectivity index (χ3v) is 5.63. The lowest BCUT2D eigenvalue weighted by molar-refractivity contribution is 0.00192. The molecule has 2 aliphatic rings. The largest absolute Gasteiger partial charge is 0.422 e. The molecule has 0 N–H and O–H groups in total. The van der Waals surface area contributed by atoms with Crippen molar-refractivity contribution in [2.75, 3.05) is 19.6 Å². The van der Waals surface area contributed by atoms with Gasteiger partial charge in [-0.3, -0.25) is 9.69 Å². The van der Waals surface area contributed by atoms with Crippen LogP contribution in [-0.4, -0.2) is 47.4 Å². The van der Waals surface area contributed by atoms with Gasteiger partial charge < -0.3 is 9.32 Å². The third kappa shape index (κ3) is 3.07. The van der Waals surface area contributed by atoms with E-state index in [0.29, 0.717) is 41.2 Å². The molecule has 1 amide bonds. The molecular weight excluding hydrogens is 340 g/mol. The van der Waals surface area contributed by atoms with Crippen molar-refractivity contribution in [3.63, 3.8) is 0 Å². The standard InChI is InChI=1S/C19H21ClN2O3/c1-12-4-2-3-7-22(12)15-10-21(11-15)18(23)16-9-13-8-14(20)5-6-17(13)25-19(16)24/h5-6,8-9,12,15H,2-4,7,10-11H2,1H3. The number of carbonyl (C=O) groups excluding carboxylic acids is 1. The maximum absolute atomic E-state index is 12.7. The Bertz CT molecular complexity index is 873. The van der Waals surface area contributed by atoms with Gasteiger partial charge in [-0.15, -0.1) is 0 Å². The van der Waals surface area contributed by atoms with E-state index in [-0.39, 0.29) is 11.5 Å². The maximum Gasteiger partial charge on any atom is 0.349 e. The van der Waals surface area contributed by atoms with Gasteiger partial charge in [0.05, 0.1) is 0 Å². The van der Waals surface area contributed by atoms with Crippen LogP contribution < -0.4 is 5.63 Å². The fourth-order valence-corrected chi connectivity index (χ4v) is 4.09. The van der Waals surface area contributed by atoms with Crippen molar-refractivity contribution in [2.24, 2.45) is 0 Å². The molecule has 132 valence electrons. The van der Waals surface area contributed by atoms with Crippen LogP contribution in [0.2, 0.25) is 5.02 Å². The van der Waals surface area contributed by atoms with E-state index in [4.69, 9.17) is 16.0 Å². The van der Waals surface area contributed by atoms with Crippen LogP contribution >= 0.6 is 11.6 Å². The first kappa shape index (κ1) is 16.6. The number of hydrogen-bond acceptors (Lipinski definition) is 4. The Morgan fingerprint density at radius 2 is 2.04 bits per heavy atom. The van der Waals surface area contributed by atoms with Crippen LogP contribution in [0.25, 0.3) is 11.0 Å². The summed E-state index contributed by atoms with van der Waals surface area (Å²) in [5.41, 5.74) is -0.0656. The van der Waals surface area contributed by atoms with Crippen molar-refractivity contribution >= 4 is 28.5 Å². The Kier molecular flexibility index (Phi) is 4.29. The highest BCUT2D eigenvalue weighted by Gasteiger charge is 2.38. The Labute approximate surface area is 151 Å². The molecule has 2 aliphatic heterocycles. The molecule has 5 nitrogen and oxygen atoms in total. The minimum atomic E-state index is -0.588. The SMILES string of the molecule is CC1CCCCN1C1CN(C(=O)c2cc3cc(Cl)ccc3oc2=O)C1. The lowest BCUT2D eigenvalue weighted by Crippen LogP contribution is -2.63. The summed E-state index contributed by atoms with van der Waals surface area (Å²) < 4.78 is 5.28. The summed E-state index contributed by atoms with van der Waals surface area (Å²) >= 11 is 5.99. The molecule has 0 radical (unpaired) electrons. The molecule has 0 bridgehead atoms. The number of nitrogens with zero attached hydrogens (tertiary/aromatic N) is 2. The Morgan fingerprint density at radius 3 is 2.80 bits per heavy atom. The molecule has 2 saturated heterocycles. The number of amides is 1. The predicted molar refractivity (Wildman–Crippen MR) is 97.2 cm³/mol. The number of hydrogen-bond donors (Lipinski definition) is 0. The van der Waals surface area contributed by atoms with Crippen LogP contribution in [0.4, 0.5) is 0 Å². The number of halogens is 1. The van der Waals surface area contributed by atoms with E-state index >= 15 is 0 Å². The van der Waals surface area contributed by atoms with Crippen molar-refractivity contribution in [1.82, 2.24) is 9.80 Å². The van der Waals surface area contributed by atoms with E-state index in [1.54, 1.807) is 29.2 Å². The quantitative estimate of drug-likeness (QED) is 0.772. The molecule has 4 rings (SSSR count). The highest BCUT2D eigenvalue weighted by atomic mass is 35.5. The van der Waals surface area contributed by atoms with Crippen molar-refractivity contribution in [3.8, 4) is 0 Å². The Balaban J connectivity index is 1.51. The van der Waals surface area contributed by atoms with Crippen LogP contribution in [0, 0.1) is 0 Å². The first-order chi connectivity index (χ1) is 12.0. The Hall–Kier alpha value is -1.85. The van der Waals surface area contributed by atoms with Gasteiger partial charge in [0.15, 0.2) is 0 Å². The smallest absolute Gasteiger partial charge is 0.349 e. The molecule has 1 aromatic carbocycles. The van der Waals surface area contributed by atoms with Crippen LogP contribution in [0.3, 0.4) is 0 Å². The third-order valence-electron chi connectivity index (χ3n) is 5.40. The summed E-state index contributed by atoms with van der Waals surface area (Å²) in [5, 5.41) is 1.21. The van der Waals surface area contributed by atoms with Gasteiger partial charge in [0.25, 0.3) is 5.91 Å².